The van der Waals surface area contributed by atoms with Crippen molar-refractivity contribution in [2.24, 2.45) is 0 Å². The second kappa shape index (κ2) is 4.62. The van der Waals surface area contributed by atoms with Crippen LogP contribution in [0.2, 0.25) is 0 Å². The van der Waals surface area contributed by atoms with Gasteiger partial charge >= 0.3 is 0 Å². The van der Waals surface area contributed by atoms with Crippen LogP contribution < -0.4 is 10.6 Å². The van der Waals surface area contributed by atoms with E-state index < -0.39 is 0 Å². The van der Waals surface area contributed by atoms with E-state index in [4.69, 9.17) is 12.2 Å². The summed E-state index contributed by atoms with van der Waals surface area (Å²) in [6.45, 7) is 2.34. The van der Waals surface area contributed by atoms with Gasteiger partial charge in [-0.25, -0.2) is 0 Å². The van der Waals surface area contributed by atoms with E-state index in [1.54, 1.807) is 0 Å². The quantitative estimate of drug-likeness (QED) is 0.573. The van der Waals surface area contributed by atoms with Crippen LogP contribution in [0.15, 0.2) is 0 Å². The van der Waals surface area contributed by atoms with Gasteiger partial charge in [-0.05, 0) is 45.2 Å². The Morgan fingerprint density at radius 2 is 2.00 bits per heavy atom. The van der Waals surface area contributed by atoms with Gasteiger partial charge < -0.3 is 15.5 Å². The lowest BCUT2D eigenvalue weighted by Crippen LogP contribution is -2.46. The van der Waals surface area contributed by atoms with Gasteiger partial charge in [0.2, 0.25) is 0 Å². The molecule has 0 amide bonds. The molecule has 0 spiro atoms. The van der Waals surface area contributed by atoms with E-state index in [1.165, 1.54) is 25.9 Å². The Labute approximate surface area is 79.5 Å². The predicted molar refractivity (Wildman–Crippen MR) is 55.3 cm³/mol. The van der Waals surface area contributed by atoms with Gasteiger partial charge in [0.05, 0.1) is 0 Å². The number of thiocarbonyl (C=S) groups is 1. The van der Waals surface area contributed by atoms with Crippen LogP contribution in [0.3, 0.4) is 0 Å². The summed E-state index contributed by atoms with van der Waals surface area (Å²) in [5.41, 5.74) is 0. The van der Waals surface area contributed by atoms with Crippen LogP contribution in [0, 0.1) is 0 Å². The first-order chi connectivity index (χ1) is 5.72. The Balaban J connectivity index is 2.21. The maximum atomic E-state index is 5.03. The van der Waals surface area contributed by atoms with Crippen molar-refractivity contribution in [3.05, 3.63) is 0 Å². The highest BCUT2D eigenvalue weighted by Crippen LogP contribution is 2.07. The summed E-state index contributed by atoms with van der Waals surface area (Å²) < 4.78 is 0. The molecule has 0 aromatic rings. The van der Waals surface area contributed by atoms with Gasteiger partial charge in [0, 0.05) is 13.1 Å². The first-order valence-electron chi connectivity index (χ1n) is 4.39. The first kappa shape index (κ1) is 9.74. The zero-order valence-electron chi connectivity index (χ0n) is 7.76. The van der Waals surface area contributed by atoms with E-state index in [-0.39, 0.29) is 0 Å². The van der Waals surface area contributed by atoms with Gasteiger partial charge in [-0.1, -0.05) is 0 Å². The number of hydrogen-bond donors (Lipinski definition) is 2. The molecule has 1 rings (SSSR count). The molecule has 0 aliphatic carbocycles. The Bertz CT molecular complexity index is 152. The number of hydrogen-bond acceptors (Lipinski definition) is 2. The molecule has 0 atom stereocenters. The fourth-order valence-electron chi connectivity index (χ4n) is 1.41. The lowest BCUT2D eigenvalue weighted by atomic mass is 10.1. The van der Waals surface area contributed by atoms with Crippen LogP contribution in [0.1, 0.15) is 12.8 Å². The number of nitrogens with one attached hydrogen (secondary N) is 2. The first-order valence-corrected chi connectivity index (χ1v) is 4.80. The molecular formula is C8H17N3S. The minimum atomic E-state index is 0.571. The summed E-state index contributed by atoms with van der Waals surface area (Å²) in [5.74, 6) is 0. The van der Waals surface area contributed by atoms with E-state index in [2.05, 4.69) is 22.6 Å². The number of piperidine rings is 1. The molecule has 0 radical (unpaired) electrons. The average molecular weight is 187 g/mol. The van der Waals surface area contributed by atoms with Crippen molar-refractivity contribution in [3.8, 4) is 0 Å². The van der Waals surface area contributed by atoms with E-state index in [9.17, 15) is 0 Å². The van der Waals surface area contributed by atoms with Gasteiger partial charge in [-0.2, -0.15) is 0 Å². The smallest absolute Gasteiger partial charge is 0.166 e. The third kappa shape index (κ3) is 2.95. The molecule has 0 aromatic carbocycles. The molecule has 4 heteroatoms. The van der Waals surface area contributed by atoms with Crippen LogP contribution >= 0.6 is 12.2 Å². The highest BCUT2D eigenvalue weighted by molar-refractivity contribution is 7.80. The summed E-state index contributed by atoms with van der Waals surface area (Å²) in [7, 11) is 4.01. The van der Waals surface area contributed by atoms with Crippen molar-refractivity contribution in [1.82, 2.24) is 15.5 Å². The maximum Gasteiger partial charge on any atom is 0.166 e. The largest absolute Gasteiger partial charge is 0.366 e. The molecule has 0 bridgehead atoms. The predicted octanol–water partition coefficient (Wildman–Crippen LogP) is 0.174. The molecule has 3 nitrogen and oxygen atoms in total. The Kier molecular flexibility index (Phi) is 3.75. The summed E-state index contributed by atoms with van der Waals surface area (Å²) in [6, 6.07) is 0.571. The van der Waals surface area contributed by atoms with Crippen molar-refractivity contribution < 1.29 is 0 Å². The van der Waals surface area contributed by atoms with Crippen molar-refractivity contribution in [2.45, 2.75) is 18.9 Å². The summed E-state index contributed by atoms with van der Waals surface area (Å²) >= 11 is 5.03. The molecule has 12 heavy (non-hydrogen) atoms. The molecule has 1 fully saturated rings. The number of likely N-dealkylation sites (tertiary alicyclic amines) is 1. The Morgan fingerprint density at radius 3 is 2.50 bits per heavy atom. The highest BCUT2D eigenvalue weighted by Gasteiger charge is 2.16. The normalized spacial score (nSPS) is 20.5. The van der Waals surface area contributed by atoms with Crippen LogP contribution in [0.25, 0.3) is 0 Å². The third-order valence-corrected chi connectivity index (χ3v) is 2.60. The standard InChI is InChI=1S/C8H17N3S/c1-9-8(12)10-7-3-5-11(2)6-4-7/h7H,3-6H2,1-2H3,(H2,9,10,12). The van der Waals surface area contributed by atoms with E-state index in [0.717, 1.165) is 5.11 Å². The zero-order chi connectivity index (χ0) is 8.97. The van der Waals surface area contributed by atoms with Crippen molar-refractivity contribution in [2.75, 3.05) is 27.2 Å². The second-order valence-electron chi connectivity index (χ2n) is 3.30. The van der Waals surface area contributed by atoms with Crippen molar-refractivity contribution >= 4 is 17.3 Å². The molecular weight excluding hydrogens is 170 g/mol. The molecule has 1 aliphatic heterocycles. The monoisotopic (exact) mass is 187 g/mol. The summed E-state index contributed by atoms with van der Waals surface area (Å²) in [4.78, 5) is 2.35. The van der Waals surface area contributed by atoms with Gasteiger partial charge in [0.25, 0.3) is 0 Å². The lowest BCUT2D eigenvalue weighted by Gasteiger charge is -2.30. The van der Waals surface area contributed by atoms with Crippen molar-refractivity contribution in [1.29, 1.82) is 0 Å². The minimum absolute atomic E-state index is 0.571. The molecule has 1 saturated heterocycles. The summed E-state index contributed by atoms with van der Waals surface area (Å²) in [6.07, 6.45) is 2.39. The fraction of sp³-hybridized carbons (Fsp3) is 0.875. The van der Waals surface area contributed by atoms with Crippen molar-refractivity contribution in [3.63, 3.8) is 0 Å². The van der Waals surface area contributed by atoms with E-state index in [0.29, 0.717) is 6.04 Å². The molecule has 2 N–H and O–H groups in total. The topological polar surface area (TPSA) is 27.3 Å². The van der Waals surface area contributed by atoms with Crippen LogP contribution in [-0.2, 0) is 0 Å². The minimum Gasteiger partial charge on any atom is -0.366 e. The molecule has 1 heterocycles. The summed E-state index contributed by atoms with van der Waals surface area (Å²) in [5, 5.41) is 6.98. The Hall–Kier alpha value is -0.350. The third-order valence-electron chi connectivity index (χ3n) is 2.28. The second-order valence-corrected chi connectivity index (χ2v) is 3.71. The van der Waals surface area contributed by atoms with E-state index in [1.807, 2.05) is 7.05 Å². The van der Waals surface area contributed by atoms with Gasteiger partial charge in [0.1, 0.15) is 0 Å². The zero-order valence-corrected chi connectivity index (χ0v) is 8.58. The van der Waals surface area contributed by atoms with Crippen LogP contribution in [0.4, 0.5) is 0 Å². The van der Waals surface area contributed by atoms with Gasteiger partial charge in [0.15, 0.2) is 5.11 Å². The lowest BCUT2D eigenvalue weighted by molar-refractivity contribution is 0.247. The maximum absolute atomic E-state index is 5.03. The molecule has 70 valence electrons. The number of rotatable bonds is 1. The van der Waals surface area contributed by atoms with Gasteiger partial charge in [-0.15, -0.1) is 0 Å². The van der Waals surface area contributed by atoms with Crippen LogP contribution in [0.5, 0.6) is 0 Å². The Morgan fingerprint density at radius 1 is 1.42 bits per heavy atom. The van der Waals surface area contributed by atoms with Crippen LogP contribution in [-0.4, -0.2) is 43.2 Å². The van der Waals surface area contributed by atoms with Gasteiger partial charge in [-0.3, -0.25) is 0 Å². The fourth-order valence-corrected chi connectivity index (χ4v) is 1.58. The highest BCUT2D eigenvalue weighted by atomic mass is 32.1. The number of nitrogens with zero attached hydrogens (tertiary/aromatic N) is 1. The van der Waals surface area contributed by atoms with E-state index >= 15 is 0 Å². The molecule has 0 unspecified atom stereocenters. The SMILES string of the molecule is CNC(=S)NC1CCN(C)CC1. The average Bonchev–Trinajstić information content (AvgIpc) is 2.09. The molecule has 1 aliphatic rings. The molecule has 0 aromatic heterocycles. The molecule has 0 saturated carbocycles.